The summed E-state index contributed by atoms with van der Waals surface area (Å²) in [7, 11) is 0. The second-order valence-corrected chi connectivity index (χ2v) is 5.17. The fourth-order valence-corrected chi connectivity index (χ4v) is 2.57. The Labute approximate surface area is 97.4 Å². The van der Waals surface area contributed by atoms with Gasteiger partial charge in [0.05, 0.1) is 0 Å². The van der Waals surface area contributed by atoms with Crippen LogP contribution in [-0.4, -0.2) is 18.4 Å². The number of ketones is 1. The first kappa shape index (κ1) is 9.40. The van der Waals surface area contributed by atoms with Gasteiger partial charge in [0.15, 0.2) is 5.78 Å². The molecular formula is C12H12BrNO. The van der Waals surface area contributed by atoms with Crippen LogP contribution in [0.3, 0.4) is 0 Å². The summed E-state index contributed by atoms with van der Waals surface area (Å²) in [6.07, 6.45) is 3.23. The van der Waals surface area contributed by atoms with E-state index >= 15 is 0 Å². The average Bonchev–Trinajstić information content (AvgIpc) is 3.02. The molecule has 0 N–H and O–H groups in total. The third-order valence-electron chi connectivity index (χ3n) is 3.14. The predicted octanol–water partition coefficient (Wildman–Crippen LogP) is 3.00. The molecule has 2 aliphatic rings. The molecule has 0 aromatic heterocycles. The van der Waals surface area contributed by atoms with Crippen LogP contribution in [0.4, 0.5) is 5.69 Å². The maximum absolute atomic E-state index is 11.7. The summed E-state index contributed by atoms with van der Waals surface area (Å²) in [4.78, 5) is 14.1. The van der Waals surface area contributed by atoms with Crippen molar-refractivity contribution in [2.45, 2.75) is 25.3 Å². The third-order valence-corrected chi connectivity index (χ3v) is 3.63. The molecule has 1 aliphatic carbocycles. The number of nitrogens with zero attached hydrogens (tertiary/aromatic N) is 1. The van der Waals surface area contributed by atoms with Crippen LogP contribution in [0.15, 0.2) is 22.7 Å². The van der Waals surface area contributed by atoms with E-state index in [1.165, 1.54) is 12.8 Å². The number of hydrogen-bond donors (Lipinski definition) is 0. The Morgan fingerprint density at radius 3 is 2.87 bits per heavy atom. The number of anilines is 1. The zero-order valence-electron chi connectivity index (χ0n) is 8.37. The van der Waals surface area contributed by atoms with Crippen molar-refractivity contribution in [3.63, 3.8) is 0 Å². The van der Waals surface area contributed by atoms with E-state index < -0.39 is 0 Å². The molecule has 0 unspecified atom stereocenters. The van der Waals surface area contributed by atoms with E-state index in [0.717, 1.165) is 22.3 Å². The molecule has 0 radical (unpaired) electrons. The van der Waals surface area contributed by atoms with Gasteiger partial charge in [0, 0.05) is 34.7 Å². The second kappa shape index (κ2) is 3.34. The van der Waals surface area contributed by atoms with Crippen molar-refractivity contribution in [2.24, 2.45) is 0 Å². The Kier molecular flexibility index (Phi) is 2.09. The molecule has 1 saturated carbocycles. The van der Waals surface area contributed by atoms with Gasteiger partial charge in [0.25, 0.3) is 0 Å². The van der Waals surface area contributed by atoms with E-state index in [1.807, 2.05) is 12.1 Å². The SMILES string of the molecule is O=C1CCN(C2CC2)c2cc(Br)ccc21. The predicted molar refractivity (Wildman–Crippen MR) is 63.5 cm³/mol. The Morgan fingerprint density at radius 2 is 2.13 bits per heavy atom. The second-order valence-electron chi connectivity index (χ2n) is 4.26. The largest absolute Gasteiger partial charge is 0.367 e. The van der Waals surface area contributed by atoms with Crippen LogP contribution in [-0.2, 0) is 0 Å². The summed E-state index contributed by atoms with van der Waals surface area (Å²) in [5, 5.41) is 0. The molecule has 1 heterocycles. The summed E-state index contributed by atoms with van der Waals surface area (Å²) in [6, 6.07) is 6.65. The number of halogens is 1. The van der Waals surface area contributed by atoms with E-state index in [1.54, 1.807) is 0 Å². The standard InChI is InChI=1S/C12H12BrNO/c13-8-1-4-10-11(7-8)14(9-2-3-9)6-5-12(10)15/h1,4,7,9H,2-3,5-6H2. The number of carbonyl (C=O) groups excluding carboxylic acids is 1. The van der Waals surface area contributed by atoms with Gasteiger partial charge in [0.2, 0.25) is 0 Å². The van der Waals surface area contributed by atoms with Crippen LogP contribution >= 0.6 is 15.9 Å². The molecule has 0 saturated heterocycles. The van der Waals surface area contributed by atoms with Gasteiger partial charge >= 0.3 is 0 Å². The van der Waals surface area contributed by atoms with Gasteiger partial charge in [0.1, 0.15) is 0 Å². The monoisotopic (exact) mass is 265 g/mol. The summed E-state index contributed by atoms with van der Waals surface area (Å²) < 4.78 is 1.06. The van der Waals surface area contributed by atoms with Crippen LogP contribution in [0, 0.1) is 0 Å². The molecule has 3 rings (SSSR count). The highest BCUT2D eigenvalue weighted by Crippen LogP contribution is 2.37. The molecule has 0 atom stereocenters. The maximum Gasteiger partial charge on any atom is 0.166 e. The van der Waals surface area contributed by atoms with Gasteiger partial charge in [-0.3, -0.25) is 4.79 Å². The lowest BCUT2D eigenvalue weighted by molar-refractivity contribution is 0.0980. The summed E-state index contributed by atoms with van der Waals surface area (Å²) in [5.41, 5.74) is 2.03. The van der Waals surface area contributed by atoms with E-state index in [-0.39, 0.29) is 5.78 Å². The zero-order chi connectivity index (χ0) is 10.4. The van der Waals surface area contributed by atoms with E-state index in [2.05, 4.69) is 26.9 Å². The van der Waals surface area contributed by atoms with Gasteiger partial charge < -0.3 is 4.90 Å². The first-order valence-corrected chi connectivity index (χ1v) is 6.14. The maximum atomic E-state index is 11.7. The van der Waals surface area contributed by atoms with Crippen LogP contribution in [0.5, 0.6) is 0 Å². The number of carbonyl (C=O) groups is 1. The minimum absolute atomic E-state index is 0.286. The van der Waals surface area contributed by atoms with Crippen LogP contribution in [0.25, 0.3) is 0 Å². The molecule has 1 aliphatic heterocycles. The summed E-state index contributed by atoms with van der Waals surface area (Å²) in [6.45, 7) is 0.896. The van der Waals surface area contributed by atoms with E-state index in [4.69, 9.17) is 0 Å². The number of rotatable bonds is 1. The Morgan fingerprint density at radius 1 is 1.33 bits per heavy atom. The van der Waals surface area contributed by atoms with E-state index in [0.29, 0.717) is 12.5 Å². The smallest absolute Gasteiger partial charge is 0.166 e. The van der Waals surface area contributed by atoms with Gasteiger partial charge in [-0.2, -0.15) is 0 Å². The quantitative estimate of drug-likeness (QED) is 0.778. The molecule has 0 spiro atoms. The first-order chi connectivity index (χ1) is 7.25. The normalized spacial score (nSPS) is 20.3. The lowest BCUT2D eigenvalue weighted by Gasteiger charge is -2.30. The van der Waals surface area contributed by atoms with Crippen molar-refractivity contribution >= 4 is 27.4 Å². The van der Waals surface area contributed by atoms with Crippen molar-refractivity contribution in [3.8, 4) is 0 Å². The topological polar surface area (TPSA) is 20.3 Å². The highest BCUT2D eigenvalue weighted by molar-refractivity contribution is 9.10. The van der Waals surface area contributed by atoms with E-state index in [9.17, 15) is 4.79 Å². The molecule has 1 fully saturated rings. The minimum atomic E-state index is 0.286. The molecule has 15 heavy (non-hydrogen) atoms. The number of hydrogen-bond acceptors (Lipinski definition) is 2. The lowest BCUT2D eigenvalue weighted by atomic mass is 10.0. The molecule has 78 valence electrons. The van der Waals surface area contributed by atoms with Gasteiger partial charge in [-0.15, -0.1) is 0 Å². The molecule has 1 aromatic rings. The van der Waals surface area contributed by atoms with Gasteiger partial charge in [-0.1, -0.05) is 15.9 Å². The fraction of sp³-hybridized carbons (Fsp3) is 0.417. The first-order valence-electron chi connectivity index (χ1n) is 5.35. The van der Waals surface area contributed by atoms with Crippen LogP contribution in [0.2, 0.25) is 0 Å². The van der Waals surface area contributed by atoms with Gasteiger partial charge in [-0.25, -0.2) is 0 Å². The van der Waals surface area contributed by atoms with Crippen LogP contribution < -0.4 is 4.90 Å². The molecule has 0 amide bonds. The molecule has 0 bridgehead atoms. The summed E-state index contributed by atoms with van der Waals surface area (Å²) >= 11 is 3.47. The van der Waals surface area contributed by atoms with Gasteiger partial charge in [-0.05, 0) is 31.0 Å². The van der Waals surface area contributed by atoms with Crippen molar-refractivity contribution in [2.75, 3.05) is 11.4 Å². The zero-order valence-corrected chi connectivity index (χ0v) is 9.96. The van der Waals surface area contributed by atoms with Crippen LogP contribution in [0.1, 0.15) is 29.6 Å². The number of fused-ring (bicyclic) bond motifs is 1. The highest BCUT2D eigenvalue weighted by atomic mass is 79.9. The Bertz CT molecular complexity index is 426. The molecule has 2 nitrogen and oxygen atoms in total. The average molecular weight is 266 g/mol. The number of benzene rings is 1. The van der Waals surface area contributed by atoms with Crippen molar-refractivity contribution < 1.29 is 4.79 Å². The lowest BCUT2D eigenvalue weighted by Crippen LogP contribution is -2.33. The highest BCUT2D eigenvalue weighted by Gasteiger charge is 2.34. The molecular weight excluding hydrogens is 254 g/mol. The Balaban J connectivity index is 2.09. The molecule has 1 aromatic carbocycles. The third kappa shape index (κ3) is 1.59. The van der Waals surface area contributed by atoms with Crippen molar-refractivity contribution in [1.82, 2.24) is 0 Å². The van der Waals surface area contributed by atoms with Crippen molar-refractivity contribution in [1.29, 1.82) is 0 Å². The minimum Gasteiger partial charge on any atom is -0.367 e. The Hall–Kier alpha value is -0.830. The molecule has 3 heteroatoms. The number of Topliss-reactive ketones (excluding diaryl/α,β-unsaturated/α-hetero) is 1. The van der Waals surface area contributed by atoms with Crippen molar-refractivity contribution in [3.05, 3.63) is 28.2 Å². The fourth-order valence-electron chi connectivity index (χ4n) is 2.22. The summed E-state index contributed by atoms with van der Waals surface area (Å²) in [5.74, 6) is 0.286.